The van der Waals surface area contributed by atoms with Gasteiger partial charge in [-0.3, -0.25) is 0 Å². The van der Waals surface area contributed by atoms with Crippen molar-refractivity contribution in [3.63, 3.8) is 0 Å². The molecule has 0 aliphatic heterocycles. The van der Waals surface area contributed by atoms with Crippen LogP contribution in [0.2, 0.25) is 25.2 Å². The van der Waals surface area contributed by atoms with E-state index in [1.54, 1.807) is 0 Å². The molecule has 2 atom stereocenters. The van der Waals surface area contributed by atoms with Crippen molar-refractivity contribution >= 4 is 47.3 Å². The summed E-state index contributed by atoms with van der Waals surface area (Å²) in [6, 6.07) is 23.4. The van der Waals surface area contributed by atoms with Crippen LogP contribution >= 0.6 is 22.2 Å². The van der Waals surface area contributed by atoms with Gasteiger partial charge < -0.3 is 0 Å². The van der Waals surface area contributed by atoms with Gasteiger partial charge in [0.2, 0.25) is 0 Å². The van der Waals surface area contributed by atoms with E-state index in [4.69, 9.17) is 22.2 Å². The number of hydrogen-bond donors (Lipinski definition) is 0. The molecule has 2 unspecified atom stereocenters. The van der Waals surface area contributed by atoms with Crippen molar-refractivity contribution in [1.29, 1.82) is 0 Å². The van der Waals surface area contributed by atoms with Crippen LogP contribution < -0.4 is 10.4 Å². The maximum atomic E-state index is 6.85. The largest absolute Gasteiger partial charge is 0.183 e. The molecule has 22 heavy (non-hydrogen) atoms. The van der Waals surface area contributed by atoms with Crippen molar-refractivity contribution < 1.29 is 0 Å². The Morgan fingerprint density at radius 1 is 0.636 bits per heavy atom. The molecular weight excluding hydrogens is 343 g/mol. The molecule has 0 bridgehead atoms. The van der Waals surface area contributed by atoms with Gasteiger partial charge in [-0.25, -0.2) is 0 Å². The Kier molecular flexibility index (Phi) is 6.33. The minimum Gasteiger partial charge on any atom is -0.161 e. The first kappa shape index (κ1) is 17.8. The third-order valence-electron chi connectivity index (χ3n) is 4.29. The Morgan fingerprint density at radius 3 is 1.27 bits per heavy atom. The first-order valence-electron chi connectivity index (χ1n) is 7.91. The van der Waals surface area contributed by atoms with Crippen molar-refractivity contribution in [1.82, 2.24) is 0 Å². The van der Waals surface area contributed by atoms with Crippen LogP contribution in [0.25, 0.3) is 0 Å². The second-order valence-corrected chi connectivity index (χ2v) is 18.3. The van der Waals surface area contributed by atoms with Gasteiger partial charge in [-0.2, -0.15) is 22.2 Å². The molecule has 0 fully saturated rings. The zero-order valence-electron chi connectivity index (χ0n) is 13.4. The summed E-state index contributed by atoms with van der Waals surface area (Å²) in [6.07, 6.45) is 2.34. The molecule has 2 rings (SSSR count). The number of halogens is 2. The van der Waals surface area contributed by atoms with E-state index in [2.05, 4.69) is 73.8 Å². The Labute approximate surface area is 145 Å². The molecule has 0 saturated heterocycles. The summed E-state index contributed by atoms with van der Waals surface area (Å²) in [5.74, 6) is 0. The first-order valence-corrected chi connectivity index (χ1v) is 15.3. The minimum absolute atomic E-state index is 1.12. The van der Waals surface area contributed by atoms with Crippen LogP contribution in [0.4, 0.5) is 0 Å². The fourth-order valence-corrected chi connectivity index (χ4v) is 8.51. The van der Waals surface area contributed by atoms with Crippen LogP contribution in [0.15, 0.2) is 60.7 Å². The predicted octanol–water partition coefficient (Wildman–Crippen LogP) is 5.21. The smallest absolute Gasteiger partial charge is 0.161 e. The van der Waals surface area contributed by atoms with Crippen LogP contribution in [0.3, 0.4) is 0 Å². The van der Waals surface area contributed by atoms with Gasteiger partial charge >= 0.3 is 0 Å². The molecular formula is C18H24Cl2Si2. The van der Waals surface area contributed by atoms with Gasteiger partial charge in [0.15, 0.2) is 14.8 Å². The van der Waals surface area contributed by atoms with E-state index in [1.807, 2.05) is 0 Å². The molecule has 0 aromatic heterocycles. The molecule has 0 aliphatic carbocycles. The molecule has 0 aliphatic rings. The van der Waals surface area contributed by atoms with E-state index in [0.717, 1.165) is 12.1 Å². The average Bonchev–Trinajstić information content (AvgIpc) is 2.53. The van der Waals surface area contributed by atoms with Crippen molar-refractivity contribution in [3.8, 4) is 0 Å². The second-order valence-electron chi connectivity index (χ2n) is 6.33. The van der Waals surface area contributed by atoms with Crippen LogP contribution in [0.1, 0.15) is 12.8 Å². The summed E-state index contributed by atoms with van der Waals surface area (Å²) in [4.78, 5) is 0. The van der Waals surface area contributed by atoms with Crippen LogP contribution in [-0.2, 0) is 0 Å². The van der Waals surface area contributed by atoms with Gasteiger partial charge in [-0.1, -0.05) is 86.6 Å². The standard InChI is InChI=1S/C18H24Cl2Si2/c1-21(19,17-11-5-3-6-12-17)15-9-10-16-22(2,20)18-13-7-4-8-14-18/h3-8,11-14H,9-10,15-16H2,1-2H3. The fraction of sp³-hybridized carbons (Fsp3) is 0.333. The molecule has 118 valence electrons. The molecule has 0 saturated carbocycles. The monoisotopic (exact) mass is 366 g/mol. The van der Waals surface area contributed by atoms with Crippen molar-refractivity contribution in [2.24, 2.45) is 0 Å². The maximum Gasteiger partial charge on any atom is 0.183 e. The topological polar surface area (TPSA) is 0 Å². The van der Waals surface area contributed by atoms with Gasteiger partial charge in [-0.05, 0) is 22.5 Å². The van der Waals surface area contributed by atoms with E-state index in [9.17, 15) is 0 Å². The summed E-state index contributed by atoms with van der Waals surface area (Å²) in [7, 11) is -3.62. The van der Waals surface area contributed by atoms with E-state index in [1.165, 1.54) is 23.2 Å². The fourth-order valence-electron chi connectivity index (χ4n) is 2.77. The lowest BCUT2D eigenvalue weighted by Crippen LogP contribution is -2.39. The van der Waals surface area contributed by atoms with E-state index >= 15 is 0 Å². The predicted molar refractivity (Wildman–Crippen MR) is 106 cm³/mol. The molecule has 2 aromatic rings. The van der Waals surface area contributed by atoms with E-state index < -0.39 is 14.8 Å². The molecule has 0 nitrogen and oxygen atoms in total. The summed E-state index contributed by atoms with van der Waals surface area (Å²) in [5.41, 5.74) is 0. The summed E-state index contributed by atoms with van der Waals surface area (Å²) < 4.78 is 0. The van der Waals surface area contributed by atoms with Gasteiger partial charge in [-0.15, -0.1) is 0 Å². The zero-order valence-corrected chi connectivity index (χ0v) is 16.9. The van der Waals surface area contributed by atoms with Gasteiger partial charge in [0, 0.05) is 0 Å². The summed E-state index contributed by atoms with van der Waals surface area (Å²) in [5, 5.41) is 2.68. The van der Waals surface area contributed by atoms with Crippen molar-refractivity contribution in [2.75, 3.05) is 0 Å². The summed E-state index contributed by atoms with van der Waals surface area (Å²) >= 11 is 13.7. The molecule has 2 aromatic carbocycles. The molecule has 0 N–H and O–H groups in total. The van der Waals surface area contributed by atoms with Gasteiger partial charge in [0.1, 0.15) is 0 Å². The minimum atomic E-state index is -1.81. The molecule has 0 heterocycles. The Balaban J connectivity index is 1.84. The lowest BCUT2D eigenvalue weighted by molar-refractivity contribution is 0.864. The van der Waals surface area contributed by atoms with Gasteiger partial charge in [0.25, 0.3) is 0 Å². The number of benzene rings is 2. The second kappa shape index (κ2) is 7.82. The average molecular weight is 367 g/mol. The number of hydrogen-bond acceptors (Lipinski definition) is 0. The van der Waals surface area contributed by atoms with Crippen LogP contribution in [-0.4, -0.2) is 14.8 Å². The third-order valence-corrected chi connectivity index (χ3v) is 12.4. The molecule has 0 amide bonds. The molecule has 4 heteroatoms. The van der Waals surface area contributed by atoms with E-state index in [-0.39, 0.29) is 0 Å². The zero-order chi connectivity index (χ0) is 16.1. The number of rotatable bonds is 7. The van der Waals surface area contributed by atoms with Crippen molar-refractivity contribution in [3.05, 3.63) is 60.7 Å². The summed E-state index contributed by atoms with van der Waals surface area (Å²) in [6.45, 7) is 4.50. The lowest BCUT2D eigenvalue weighted by atomic mass is 10.4. The molecule has 0 spiro atoms. The normalized spacial score (nSPS) is 16.7. The Morgan fingerprint density at radius 2 is 0.955 bits per heavy atom. The number of unbranched alkanes of at least 4 members (excludes halogenated alkanes) is 1. The Hall–Kier alpha value is -0.546. The lowest BCUT2D eigenvalue weighted by Gasteiger charge is -2.22. The highest BCUT2D eigenvalue weighted by atomic mass is 35.6. The highest BCUT2D eigenvalue weighted by molar-refractivity contribution is 7.27. The highest BCUT2D eigenvalue weighted by Crippen LogP contribution is 2.23. The SMILES string of the molecule is C[Si](Cl)(CCCC[Si](C)(Cl)c1ccccc1)c1ccccc1. The van der Waals surface area contributed by atoms with E-state index in [0.29, 0.717) is 0 Å². The maximum absolute atomic E-state index is 6.85. The highest BCUT2D eigenvalue weighted by Gasteiger charge is 2.29. The van der Waals surface area contributed by atoms with Crippen LogP contribution in [0.5, 0.6) is 0 Å². The quantitative estimate of drug-likeness (QED) is 0.358. The molecule has 0 radical (unpaired) electrons. The van der Waals surface area contributed by atoms with Crippen molar-refractivity contribution in [2.45, 2.75) is 38.0 Å². The Bertz CT molecular complexity index is 515. The van der Waals surface area contributed by atoms with Gasteiger partial charge in [0.05, 0.1) is 0 Å². The first-order chi connectivity index (χ1) is 10.4. The third kappa shape index (κ3) is 4.99. The van der Waals surface area contributed by atoms with Crippen LogP contribution in [0, 0.1) is 0 Å².